The Kier molecular flexibility index (Phi) is 5.15. The van der Waals surface area contributed by atoms with Gasteiger partial charge in [0.1, 0.15) is 16.4 Å². The van der Waals surface area contributed by atoms with Crippen LogP contribution in [0.4, 0.5) is 4.39 Å². The molecule has 0 spiro atoms. The molecule has 2 aliphatic rings. The molecule has 25 heavy (non-hydrogen) atoms. The minimum absolute atomic E-state index is 0. The van der Waals surface area contributed by atoms with Crippen molar-refractivity contribution in [1.29, 1.82) is 0 Å². The number of hydrogen-bond donors (Lipinski definition) is 1. The molecule has 9 heteroatoms. The van der Waals surface area contributed by atoms with Crippen molar-refractivity contribution >= 4 is 22.4 Å². The number of rotatable bonds is 3. The Hall–Kier alpha value is -1.48. The van der Waals surface area contributed by atoms with E-state index >= 15 is 0 Å². The molecule has 2 aliphatic heterocycles. The minimum Gasteiger partial charge on any atom is -0.315 e. The van der Waals surface area contributed by atoms with E-state index in [1.54, 1.807) is 22.5 Å². The highest BCUT2D eigenvalue weighted by Crippen LogP contribution is 2.33. The van der Waals surface area contributed by atoms with E-state index in [-0.39, 0.29) is 35.1 Å². The molecule has 4 rings (SSSR count). The summed E-state index contributed by atoms with van der Waals surface area (Å²) in [5.41, 5.74) is 0.236. The summed E-state index contributed by atoms with van der Waals surface area (Å²) < 4.78 is 43.0. The fourth-order valence-corrected chi connectivity index (χ4v) is 5.49. The second-order valence-corrected chi connectivity index (χ2v) is 8.13. The molecule has 0 amide bonds. The highest BCUT2D eigenvalue weighted by atomic mass is 35.5. The van der Waals surface area contributed by atoms with Gasteiger partial charge in [-0.1, -0.05) is 12.1 Å². The number of benzene rings is 1. The smallest absolute Gasteiger partial charge is 0.246 e. The third-order valence-electron chi connectivity index (χ3n) is 4.82. The Labute approximate surface area is 152 Å². The molecule has 2 unspecified atom stereocenters. The van der Waals surface area contributed by atoms with E-state index in [4.69, 9.17) is 0 Å². The zero-order chi connectivity index (χ0) is 16.7. The fraction of sp³-hybridized carbons (Fsp3) is 0.438. The van der Waals surface area contributed by atoms with Crippen molar-refractivity contribution in [3.05, 3.63) is 42.5 Å². The van der Waals surface area contributed by atoms with E-state index in [1.165, 1.54) is 23.1 Å². The largest absolute Gasteiger partial charge is 0.315 e. The molecule has 1 N–H and O–H groups in total. The van der Waals surface area contributed by atoms with Crippen LogP contribution in [0, 0.1) is 5.82 Å². The summed E-state index contributed by atoms with van der Waals surface area (Å²) in [6.45, 7) is 1.51. The van der Waals surface area contributed by atoms with Crippen molar-refractivity contribution in [3.63, 3.8) is 0 Å². The summed E-state index contributed by atoms with van der Waals surface area (Å²) >= 11 is 0. The van der Waals surface area contributed by atoms with Crippen LogP contribution in [0.25, 0.3) is 5.69 Å². The van der Waals surface area contributed by atoms with Gasteiger partial charge in [-0.25, -0.2) is 17.5 Å². The van der Waals surface area contributed by atoms with Gasteiger partial charge in [0, 0.05) is 18.6 Å². The zero-order valence-corrected chi connectivity index (χ0v) is 15.1. The number of hydrogen-bond acceptors (Lipinski definition) is 4. The van der Waals surface area contributed by atoms with Gasteiger partial charge in [0.05, 0.1) is 12.4 Å². The van der Waals surface area contributed by atoms with Crippen molar-refractivity contribution in [2.45, 2.75) is 36.2 Å². The Balaban J connectivity index is 0.00000182. The summed E-state index contributed by atoms with van der Waals surface area (Å²) in [6, 6.07) is 6.19. The van der Waals surface area contributed by atoms with Crippen LogP contribution in [0.1, 0.15) is 19.3 Å². The van der Waals surface area contributed by atoms with E-state index in [1.807, 2.05) is 0 Å². The molecule has 6 nitrogen and oxygen atoms in total. The van der Waals surface area contributed by atoms with Gasteiger partial charge >= 0.3 is 0 Å². The highest BCUT2D eigenvalue weighted by Gasteiger charge is 2.43. The lowest BCUT2D eigenvalue weighted by molar-refractivity contribution is 0.334. The molecule has 0 aliphatic carbocycles. The predicted octanol–water partition coefficient (Wildman–Crippen LogP) is 1.95. The maximum atomic E-state index is 13.9. The van der Waals surface area contributed by atoms with Crippen LogP contribution in [-0.4, -0.2) is 47.7 Å². The third kappa shape index (κ3) is 3.19. The van der Waals surface area contributed by atoms with E-state index in [0.29, 0.717) is 6.54 Å². The Morgan fingerprint density at radius 2 is 1.92 bits per heavy atom. The molecule has 2 fully saturated rings. The molecule has 2 aromatic rings. The molecule has 3 heterocycles. The molecule has 0 saturated carbocycles. The van der Waals surface area contributed by atoms with Crippen LogP contribution >= 0.6 is 12.4 Å². The fourth-order valence-electron chi connectivity index (χ4n) is 3.66. The van der Waals surface area contributed by atoms with Gasteiger partial charge in [-0.3, -0.25) is 0 Å². The lowest BCUT2D eigenvalue weighted by atomic mass is 10.1. The molecular weight excluding hydrogens is 367 g/mol. The molecule has 2 bridgehead atoms. The standard InChI is InChI=1S/C16H19FN4O2S.ClH/c17-15-3-1-2-4-16(15)20-11-14(10-19-20)24(22,23)21-12-5-6-13(21)9-18-8-7-12;/h1-4,10-13,18H,5-9H2;1H. The lowest BCUT2D eigenvalue weighted by Crippen LogP contribution is -2.42. The van der Waals surface area contributed by atoms with Gasteiger partial charge in [-0.05, 0) is 37.9 Å². The SMILES string of the molecule is Cl.O=S(=O)(c1cnn(-c2ccccc2F)c1)N1C2CCNCC1CC2. The zero-order valence-electron chi connectivity index (χ0n) is 13.5. The molecule has 1 aromatic heterocycles. The molecular formula is C16H20ClFN4O2S. The lowest BCUT2D eigenvalue weighted by Gasteiger charge is -2.26. The van der Waals surface area contributed by atoms with Crippen LogP contribution in [0.3, 0.4) is 0 Å². The second-order valence-electron chi connectivity index (χ2n) is 6.28. The van der Waals surface area contributed by atoms with Crippen LogP contribution in [0.15, 0.2) is 41.6 Å². The molecule has 2 atom stereocenters. The number of aromatic nitrogens is 2. The van der Waals surface area contributed by atoms with Gasteiger partial charge in [0.15, 0.2) is 0 Å². The molecule has 2 saturated heterocycles. The monoisotopic (exact) mass is 386 g/mol. The minimum atomic E-state index is -3.63. The first-order chi connectivity index (χ1) is 11.6. The van der Waals surface area contributed by atoms with Gasteiger partial charge in [-0.15, -0.1) is 12.4 Å². The van der Waals surface area contributed by atoms with Crippen LogP contribution in [-0.2, 0) is 10.0 Å². The summed E-state index contributed by atoms with van der Waals surface area (Å²) in [5.74, 6) is -0.441. The van der Waals surface area contributed by atoms with E-state index in [9.17, 15) is 12.8 Å². The van der Waals surface area contributed by atoms with Crippen molar-refractivity contribution in [2.24, 2.45) is 0 Å². The molecule has 0 radical (unpaired) electrons. The number of fused-ring (bicyclic) bond motifs is 2. The first-order valence-electron chi connectivity index (χ1n) is 8.11. The maximum absolute atomic E-state index is 13.9. The highest BCUT2D eigenvalue weighted by molar-refractivity contribution is 7.89. The van der Waals surface area contributed by atoms with Crippen LogP contribution in [0.2, 0.25) is 0 Å². The van der Waals surface area contributed by atoms with E-state index < -0.39 is 15.8 Å². The second kappa shape index (κ2) is 7.03. The Morgan fingerprint density at radius 1 is 1.16 bits per heavy atom. The molecule has 136 valence electrons. The normalized spacial score (nSPS) is 23.9. The van der Waals surface area contributed by atoms with Gasteiger partial charge < -0.3 is 5.32 Å². The van der Waals surface area contributed by atoms with Crippen molar-refractivity contribution in [2.75, 3.05) is 13.1 Å². The number of sulfonamides is 1. The third-order valence-corrected chi connectivity index (χ3v) is 6.78. The average molecular weight is 387 g/mol. The summed E-state index contributed by atoms with van der Waals surface area (Å²) in [6.07, 6.45) is 5.29. The summed E-state index contributed by atoms with van der Waals surface area (Å²) in [4.78, 5) is 0.115. The van der Waals surface area contributed by atoms with E-state index in [2.05, 4.69) is 10.4 Å². The van der Waals surface area contributed by atoms with Crippen LogP contribution in [0.5, 0.6) is 0 Å². The van der Waals surface area contributed by atoms with Crippen molar-refractivity contribution in [3.8, 4) is 5.69 Å². The van der Waals surface area contributed by atoms with Crippen molar-refractivity contribution < 1.29 is 12.8 Å². The van der Waals surface area contributed by atoms with Crippen LogP contribution < -0.4 is 5.32 Å². The first kappa shape index (κ1) is 18.3. The number of halogens is 2. The topological polar surface area (TPSA) is 67.2 Å². The quantitative estimate of drug-likeness (QED) is 0.875. The summed E-state index contributed by atoms with van der Waals surface area (Å²) in [5, 5.41) is 7.35. The molecule has 1 aromatic carbocycles. The first-order valence-corrected chi connectivity index (χ1v) is 9.55. The predicted molar refractivity (Wildman–Crippen MR) is 94.1 cm³/mol. The number of para-hydroxylation sites is 1. The van der Waals surface area contributed by atoms with Crippen molar-refractivity contribution in [1.82, 2.24) is 19.4 Å². The average Bonchev–Trinajstić information content (AvgIpc) is 3.12. The Bertz CT molecular complexity index is 843. The maximum Gasteiger partial charge on any atom is 0.246 e. The van der Waals surface area contributed by atoms with E-state index in [0.717, 1.165) is 25.8 Å². The Morgan fingerprint density at radius 3 is 2.72 bits per heavy atom. The van der Waals surface area contributed by atoms with Gasteiger partial charge in [0.25, 0.3) is 0 Å². The van der Waals surface area contributed by atoms with Gasteiger partial charge in [-0.2, -0.15) is 9.40 Å². The van der Waals surface area contributed by atoms with Gasteiger partial charge in [0.2, 0.25) is 10.0 Å². The summed E-state index contributed by atoms with van der Waals surface area (Å²) in [7, 11) is -3.63. The number of nitrogens with one attached hydrogen (secondary N) is 1. The number of nitrogens with zero attached hydrogens (tertiary/aromatic N) is 3.